The van der Waals surface area contributed by atoms with Gasteiger partial charge < -0.3 is 10.1 Å². The van der Waals surface area contributed by atoms with Gasteiger partial charge in [-0.1, -0.05) is 24.8 Å². The average Bonchev–Trinajstić information content (AvgIpc) is 2.67. The predicted molar refractivity (Wildman–Crippen MR) is 117 cm³/mol. The van der Waals surface area contributed by atoms with Crippen LogP contribution in [0.25, 0.3) is 0 Å². The lowest BCUT2D eigenvalue weighted by atomic mass is 10.2. The first-order valence-corrected chi connectivity index (χ1v) is 9.92. The molecule has 1 unspecified atom stereocenters. The molecule has 1 atom stereocenters. The van der Waals surface area contributed by atoms with Crippen LogP contribution in [0.2, 0.25) is 0 Å². The highest BCUT2D eigenvalue weighted by Gasteiger charge is 2.17. The van der Waals surface area contributed by atoms with Crippen LogP contribution in [-0.2, 0) is 4.79 Å². The third-order valence-electron chi connectivity index (χ3n) is 3.56. The Morgan fingerprint density at radius 1 is 1.21 bits per heavy atom. The van der Waals surface area contributed by atoms with Crippen LogP contribution < -0.4 is 15.5 Å². The summed E-state index contributed by atoms with van der Waals surface area (Å²) in [5.41, 5.74) is 3.63. The zero-order chi connectivity index (χ0) is 20.5. The molecule has 0 radical (unpaired) electrons. The summed E-state index contributed by atoms with van der Waals surface area (Å²) >= 11 is 6.73. The molecule has 2 aromatic carbocycles. The highest BCUT2D eigenvalue weighted by Crippen LogP contribution is 2.25. The third kappa shape index (κ3) is 6.31. The Morgan fingerprint density at radius 3 is 2.64 bits per heavy atom. The number of rotatable bonds is 8. The van der Waals surface area contributed by atoms with Crippen molar-refractivity contribution in [1.29, 1.82) is 0 Å². The molecular weight excluding hydrogens is 490 g/mol. The van der Waals surface area contributed by atoms with Crippen LogP contribution in [0.3, 0.4) is 0 Å². The van der Waals surface area contributed by atoms with E-state index in [4.69, 9.17) is 4.74 Å². The second kappa shape index (κ2) is 10.8. The number of halogens is 2. The fourth-order valence-corrected chi connectivity index (χ4v) is 3.09. The zero-order valence-electron chi connectivity index (χ0n) is 15.1. The van der Waals surface area contributed by atoms with E-state index in [1.807, 2.05) is 12.1 Å². The van der Waals surface area contributed by atoms with Gasteiger partial charge in [0.25, 0.3) is 11.8 Å². The van der Waals surface area contributed by atoms with Crippen LogP contribution in [0.4, 0.5) is 0 Å². The molecular formula is C20H19Br2N3O3. The van der Waals surface area contributed by atoms with Gasteiger partial charge in [0, 0.05) is 4.47 Å². The van der Waals surface area contributed by atoms with Crippen LogP contribution in [0.5, 0.6) is 5.75 Å². The van der Waals surface area contributed by atoms with Crippen molar-refractivity contribution in [2.45, 2.75) is 13.0 Å². The second-order valence-corrected chi connectivity index (χ2v) is 7.41. The Balaban J connectivity index is 1.90. The molecule has 2 rings (SSSR count). The highest BCUT2D eigenvalue weighted by molar-refractivity contribution is 9.10. The van der Waals surface area contributed by atoms with Gasteiger partial charge in [-0.15, -0.1) is 0 Å². The van der Waals surface area contributed by atoms with Gasteiger partial charge in [0.1, 0.15) is 18.4 Å². The Labute approximate surface area is 180 Å². The molecule has 0 saturated carbocycles. The van der Waals surface area contributed by atoms with Crippen molar-refractivity contribution < 1.29 is 14.3 Å². The number of benzene rings is 2. The summed E-state index contributed by atoms with van der Waals surface area (Å²) in [5, 5.41) is 6.56. The Bertz CT molecular complexity index is 900. The summed E-state index contributed by atoms with van der Waals surface area (Å²) in [6, 6.07) is 11.6. The van der Waals surface area contributed by atoms with Crippen LogP contribution >= 0.6 is 31.9 Å². The van der Waals surface area contributed by atoms with E-state index in [0.29, 0.717) is 22.4 Å². The maximum absolute atomic E-state index is 12.2. The molecule has 0 spiro atoms. The molecule has 0 aromatic heterocycles. The average molecular weight is 509 g/mol. The summed E-state index contributed by atoms with van der Waals surface area (Å²) in [6.07, 6.45) is 3.16. The summed E-state index contributed by atoms with van der Waals surface area (Å²) in [5.74, 6) is -0.0932. The number of amides is 2. The van der Waals surface area contributed by atoms with Gasteiger partial charge in [-0.25, -0.2) is 5.43 Å². The topological polar surface area (TPSA) is 79.8 Å². The van der Waals surface area contributed by atoms with Crippen molar-refractivity contribution in [2.24, 2.45) is 5.10 Å². The van der Waals surface area contributed by atoms with Crippen LogP contribution in [-0.4, -0.2) is 30.7 Å². The van der Waals surface area contributed by atoms with Gasteiger partial charge in [-0.2, -0.15) is 5.10 Å². The van der Waals surface area contributed by atoms with E-state index in [2.05, 4.69) is 54.3 Å². The number of nitrogens with one attached hydrogen (secondary N) is 2. The molecule has 28 heavy (non-hydrogen) atoms. The van der Waals surface area contributed by atoms with Gasteiger partial charge in [0.05, 0.1) is 16.3 Å². The standard InChI is InChI=1S/C20H19Br2N3O3/c1-3-10-28-18-9-8-14(11-17(18)22)12-23-25-19(26)13(2)24-20(27)15-6-4-5-7-16(15)21/h3-9,11-13H,1,10H2,2H3,(H,24,27)(H,25,26). The minimum absolute atomic E-state index is 0.349. The van der Waals surface area contributed by atoms with Crippen molar-refractivity contribution >= 4 is 49.9 Å². The number of carbonyl (C=O) groups is 2. The van der Waals surface area contributed by atoms with Crippen molar-refractivity contribution in [3.05, 3.63) is 75.2 Å². The molecule has 0 aliphatic heterocycles. The lowest BCUT2D eigenvalue weighted by Crippen LogP contribution is -2.43. The number of nitrogens with zero attached hydrogens (tertiary/aromatic N) is 1. The normalized spacial score (nSPS) is 11.7. The van der Waals surface area contributed by atoms with Crippen LogP contribution in [0.1, 0.15) is 22.8 Å². The van der Waals surface area contributed by atoms with E-state index in [1.54, 1.807) is 43.3 Å². The maximum atomic E-state index is 12.2. The molecule has 2 amide bonds. The lowest BCUT2D eigenvalue weighted by Gasteiger charge is -2.12. The molecule has 0 fully saturated rings. The Kier molecular flexibility index (Phi) is 8.41. The van der Waals surface area contributed by atoms with Crippen molar-refractivity contribution in [3.8, 4) is 5.75 Å². The number of carbonyl (C=O) groups excluding carboxylic acids is 2. The monoisotopic (exact) mass is 507 g/mol. The summed E-state index contributed by atoms with van der Waals surface area (Å²) < 4.78 is 6.89. The van der Waals surface area contributed by atoms with E-state index < -0.39 is 11.9 Å². The molecule has 0 aliphatic rings. The fourth-order valence-electron chi connectivity index (χ4n) is 2.12. The summed E-state index contributed by atoms with van der Waals surface area (Å²) in [4.78, 5) is 24.4. The van der Waals surface area contributed by atoms with Crippen LogP contribution in [0.15, 0.2) is 69.2 Å². The first-order valence-electron chi connectivity index (χ1n) is 8.34. The molecule has 0 bridgehead atoms. The van der Waals surface area contributed by atoms with Gasteiger partial charge in [0.2, 0.25) is 0 Å². The van der Waals surface area contributed by atoms with Gasteiger partial charge in [0.15, 0.2) is 0 Å². The Hall–Kier alpha value is -2.45. The number of ether oxygens (including phenoxy) is 1. The quantitative estimate of drug-likeness (QED) is 0.321. The number of hydrogen-bond acceptors (Lipinski definition) is 4. The summed E-state index contributed by atoms with van der Waals surface area (Å²) in [6.45, 7) is 5.60. The SMILES string of the molecule is C=CCOc1ccc(C=NNC(=O)C(C)NC(=O)c2ccccc2Br)cc1Br. The molecule has 6 nitrogen and oxygen atoms in total. The first-order chi connectivity index (χ1) is 13.4. The van der Waals surface area contributed by atoms with Gasteiger partial charge in [-0.05, 0) is 74.7 Å². The number of hydrazone groups is 1. The predicted octanol–water partition coefficient (Wildman–Crippen LogP) is 4.05. The number of hydrogen-bond donors (Lipinski definition) is 2. The fraction of sp³-hybridized carbons (Fsp3) is 0.150. The minimum Gasteiger partial charge on any atom is -0.488 e. The van der Waals surface area contributed by atoms with Gasteiger partial charge in [-0.3, -0.25) is 9.59 Å². The minimum atomic E-state index is -0.752. The molecule has 2 N–H and O–H groups in total. The summed E-state index contributed by atoms with van der Waals surface area (Å²) in [7, 11) is 0. The molecule has 8 heteroatoms. The van der Waals surface area contributed by atoms with Crippen molar-refractivity contribution in [3.63, 3.8) is 0 Å². The Morgan fingerprint density at radius 2 is 1.96 bits per heavy atom. The molecule has 0 heterocycles. The molecule has 0 aliphatic carbocycles. The molecule has 146 valence electrons. The maximum Gasteiger partial charge on any atom is 0.262 e. The lowest BCUT2D eigenvalue weighted by molar-refractivity contribution is -0.122. The van der Waals surface area contributed by atoms with Crippen molar-refractivity contribution in [2.75, 3.05) is 6.61 Å². The molecule has 0 saturated heterocycles. The van der Waals surface area contributed by atoms with E-state index in [1.165, 1.54) is 6.21 Å². The van der Waals surface area contributed by atoms with Crippen LogP contribution in [0, 0.1) is 0 Å². The van der Waals surface area contributed by atoms with E-state index in [9.17, 15) is 9.59 Å². The first kappa shape index (κ1) is 21.8. The van der Waals surface area contributed by atoms with E-state index in [-0.39, 0.29) is 5.91 Å². The highest BCUT2D eigenvalue weighted by atomic mass is 79.9. The molecule has 2 aromatic rings. The van der Waals surface area contributed by atoms with Gasteiger partial charge >= 0.3 is 0 Å². The zero-order valence-corrected chi connectivity index (χ0v) is 18.3. The van der Waals surface area contributed by atoms with E-state index in [0.717, 1.165) is 10.0 Å². The third-order valence-corrected chi connectivity index (χ3v) is 4.87. The second-order valence-electron chi connectivity index (χ2n) is 5.70. The smallest absolute Gasteiger partial charge is 0.262 e. The van der Waals surface area contributed by atoms with Crippen molar-refractivity contribution in [1.82, 2.24) is 10.7 Å². The largest absolute Gasteiger partial charge is 0.488 e. The van der Waals surface area contributed by atoms with E-state index >= 15 is 0 Å².